The molecule has 0 N–H and O–H groups in total. The highest BCUT2D eigenvalue weighted by Gasteiger charge is 2.31. The summed E-state index contributed by atoms with van der Waals surface area (Å²) < 4.78 is 46.7. The van der Waals surface area contributed by atoms with Crippen LogP contribution in [-0.4, -0.2) is 44.4 Å². The van der Waals surface area contributed by atoms with Crippen molar-refractivity contribution < 1.29 is 22.4 Å². The van der Waals surface area contributed by atoms with Gasteiger partial charge in [-0.2, -0.15) is 13.2 Å². The number of aromatic nitrogens is 3. The van der Waals surface area contributed by atoms with Gasteiger partial charge in [-0.25, -0.2) is 0 Å². The number of benzene rings is 1. The second-order valence-corrected chi connectivity index (χ2v) is 8.27. The number of furan rings is 1. The lowest BCUT2D eigenvalue weighted by molar-refractivity contribution is -0.137. The predicted octanol–water partition coefficient (Wildman–Crippen LogP) is 5.04. The number of amides is 1. The molecule has 2 aromatic heterocycles. The lowest BCUT2D eigenvalue weighted by Gasteiger charge is -2.15. The van der Waals surface area contributed by atoms with Crippen molar-refractivity contribution in [3.05, 3.63) is 48.2 Å². The van der Waals surface area contributed by atoms with Crippen molar-refractivity contribution in [2.24, 2.45) is 0 Å². The van der Waals surface area contributed by atoms with Gasteiger partial charge in [0.25, 0.3) is 0 Å². The topological polar surface area (TPSA) is 64.2 Å². The van der Waals surface area contributed by atoms with E-state index >= 15 is 0 Å². The van der Waals surface area contributed by atoms with Crippen LogP contribution >= 0.6 is 11.8 Å². The van der Waals surface area contributed by atoms with E-state index in [1.165, 1.54) is 24.1 Å². The molecule has 0 bridgehead atoms. The predicted molar refractivity (Wildman–Crippen MR) is 110 cm³/mol. The van der Waals surface area contributed by atoms with Gasteiger partial charge in [0.15, 0.2) is 10.9 Å². The Morgan fingerprint density at radius 2 is 1.94 bits per heavy atom. The fourth-order valence-electron chi connectivity index (χ4n) is 3.49. The summed E-state index contributed by atoms with van der Waals surface area (Å²) in [5.74, 6) is 1.46. The van der Waals surface area contributed by atoms with E-state index in [0.717, 1.165) is 38.1 Å². The number of alkyl halides is 3. The van der Waals surface area contributed by atoms with Crippen LogP contribution in [-0.2, 0) is 11.0 Å². The Labute approximate surface area is 181 Å². The first-order chi connectivity index (χ1) is 14.9. The van der Waals surface area contributed by atoms with Crippen molar-refractivity contribution in [2.45, 2.75) is 37.0 Å². The maximum absolute atomic E-state index is 13.2. The Balaban J connectivity index is 1.54. The summed E-state index contributed by atoms with van der Waals surface area (Å²) in [5.41, 5.74) is -0.460. The first kappa shape index (κ1) is 21.5. The van der Waals surface area contributed by atoms with Gasteiger partial charge in [-0.05, 0) is 49.6 Å². The molecule has 0 saturated carbocycles. The van der Waals surface area contributed by atoms with Gasteiger partial charge in [-0.15, -0.1) is 10.2 Å². The SMILES string of the molecule is O=C(CCCSc1nnc(-c2ccco2)n1-c1cccc(C(F)(F)F)c1)N1CCCC1. The van der Waals surface area contributed by atoms with Gasteiger partial charge < -0.3 is 9.32 Å². The second-order valence-electron chi connectivity index (χ2n) is 7.21. The number of thioether (sulfide) groups is 1. The molecule has 0 spiro atoms. The summed E-state index contributed by atoms with van der Waals surface area (Å²) in [5, 5.41) is 8.76. The van der Waals surface area contributed by atoms with Crippen molar-refractivity contribution >= 4 is 17.7 Å². The quantitative estimate of drug-likeness (QED) is 0.373. The van der Waals surface area contributed by atoms with Crippen molar-refractivity contribution in [2.75, 3.05) is 18.8 Å². The third kappa shape index (κ3) is 4.95. The van der Waals surface area contributed by atoms with E-state index in [4.69, 9.17) is 4.42 Å². The monoisotopic (exact) mass is 450 g/mol. The molecule has 3 heterocycles. The van der Waals surface area contributed by atoms with Gasteiger partial charge in [-0.1, -0.05) is 17.8 Å². The molecular weight excluding hydrogens is 429 g/mol. The van der Waals surface area contributed by atoms with Gasteiger partial charge in [0.05, 0.1) is 17.5 Å². The average Bonchev–Trinajstić information content (AvgIpc) is 3.52. The Bertz CT molecular complexity index is 1030. The lowest BCUT2D eigenvalue weighted by Crippen LogP contribution is -2.27. The van der Waals surface area contributed by atoms with Crippen LogP contribution < -0.4 is 0 Å². The van der Waals surface area contributed by atoms with Crippen LogP contribution in [0.25, 0.3) is 17.3 Å². The Morgan fingerprint density at radius 1 is 1.13 bits per heavy atom. The van der Waals surface area contributed by atoms with E-state index in [1.54, 1.807) is 22.8 Å². The van der Waals surface area contributed by atoms with Gasteiger partial charge in [-0.3, -0.25) is 9.36 Å². The number of rotatable bonds is 7. The molecule has 1 aliphatic heterocycles. The maximum Gasteiger partial charge on any atom is 0.416 e. The van der Waals surface area contributed by atoms with E-state index in [9.17, 15) is 18.0 Å². The molecule has 1 fully saturated rings. The molecule has 1 saturated heterocycles. The molecular formula is C21H21F3N4O2S. The van der Waals surface area contributed by atoms with Crippen LogP contribution in [0.4, 0.5) is 13.2 Å². The van der Waals surface area contributed by atoms with Crippen LogP contribution in [0.5, 0.6) is 0 Å². The minimum absolute atomic E-state index is 0.147. The molecule has 164 valence electrons. The smallest absolute Gasteiger partial charge is 0.416 e. The van der Waals surface area contributed by atoms with Crippen LogP contribution in [0.2, 0.25) is 0 Å². The summed E-state index contributed by atoms with van der Waals surface area (Å²) in [6.07, 6.45) is 0.197. The van der Waals surface area contributed by atoms with Gasteiger partial charge in [0.1, 0.15) is 0 Å². The number of carbonyl (C=O) groups excluding carboxylic acids is 1. The highest BCUT2D eigenvalue weighted by atomic mass is 32.2. The maximum atomic E-state index is 13.2. The number of carbonyl (C=O) groups is 1. The van der Waals surface area contributed by atoms with E-state index in [1.807, 2.05) is 4.90 Å². The highest BCUT2D eigenvalue weighted by Crippen LogP contribution is 2.33. The zero-order valence-corrected chi connectivity index (χ0v) is 17.5. The molecule has 1 aliphatic rings. The fourth-order valence-corrected chi connectivity index (χ4v) is 4.39. The molecule has 0 aliphatic carbocycles. The zero-order valence-electron chi connectivity index (χ0n) is 16.6. The second kappa shape index (κ2) is 9.17. The van der Waals surface area contributed by atoms with Crippen LogP contribution in [0.3, 0.4) is 0 Å². The zero-order chi connectivity index (χ0) is 21.8. The Morgan fingerprint density at radius 3 is 2.65 bits per heavy atom. The average molecular weight is 450 g/mol. The van der Waals surface area contributed by atoms with Crippen molar-refractivity contribution in [3.63, 3.8) is 0 Å². The number of nitrogens with zero attached hydrogens (tertiary/aromatic N) is 4. The Kier molecular flexibility index (Phi) is 6.35. The number of hydrogen-bond donors (Lipinski definition) is 0. The number of halogens is 3. The van der Waals surface area contributed by atoms with E-state index in [0.29, 0.717) is 41.0 Å². The number of hydrogen-bond acceptors (Lipinski definition) is 5. The summed E-state index contributed by atoms with van der Waals surface area (Å²) >= 11 is 1.35. The van der Waals surface area contributed by atoms with E-state index < -0.39 is 11.7 Å². The minimum Gasteiger partial charge on any atom is -0.461 e. The molecule has 3 aromatic rings. The first-order valence-electron chi connectivity index (χ1n) is 10.0. The highest BCUT2D eigenvalue weighted by molar-refractivity contribution is 7.99. The first-order valence-corrected chi connectivity index (χ1v) is 11.0. The molecule has 0 unspecified atom stereocenters. The summed E-state index contributed by atoms with van der Waals surface area (Å²) in [6, 6.07) is 8.38. The summed E-state index contributed by atoms with van der Waals surface area (Å²) in [6.45, 7) is 1.64. The van der Waals surface area contributed by atoms with E-state index in [-0.39, 0.29) is 5.91 Å². The molecule has 1 aromatic carbocycles. The third-order valence-corrected chi connectivity index (χ3v) is 6.05. The summed E-state index contributed by atoms with van der Waals surface area (Å²) in [7, 11) is 0. The van der Waals surface area contributed by atoms with Gasteiger partial charge in [0.2, 0.25) is 11.7 Å². The third-order valence-electron chi connectivity index (χ3n) is 5.03. The molecule has 0 atom stereocenters. The summed E-state index contributed by atoms with van der Waals surface area (Å²) in [4.78, 5) is 14.1. The lowest BCUT2D eigenvalue weighted by atomic mass is 10.2. The molecule has 31 heavy (non-hydrogen) atoms. The standard InChI is InChI=1S/C21H21F3N4O2S/c22-21(23,24)15-6-3-7-16(14-15)28-19(17-8-4-12-30-17)25-26-20(28)31-13-5-9-18(29)27-10-1-2-11-27/h3-4,6-8,12,14H,1-2,5,9-11,13H2. The van der Waals surface area contributed by atoms with Gasteiger partial charge in [0, 0.05) is 25.3 Å². The minimum atomic E-state index is -4.46. The molecule has 6 nitrogen and oxygen atoms in total. The van der Waals surface area contributed by atoms with E-state index in [2.05, 4.69) is 10.2 Å². The van der Waals surface area contributed by atoms with Crippen molar-refractivity contribution in [1.82, 2.24) is 19.7 Å². The molecule has 4 rings (SSSR count). The van der Waals surface area contributed by atoms with Crippen LogP contribution in [0.1, 0.15) is 31.2 Å². The molecule has 0 radical (unpaired) electrons. The largest absolute Gasteiger partial charge is 0.461 e. The molecule has 10 heteroatoms. The van der Waals surface area contributed by atoms with Crippen LogP contribution in [0.15, 0.2) is 52.2 Å². The number of likely N-dealkylation sites (tertiary alicyclic amines) is 1. The fraction of sp³-hybridized carbons (Fsp3) is 0.381. The normalized spacial score (nSPS) is 14.4. The van der Waals surface area contributed by atoms with Crippen molar-refractivity contribution in [1.29, 1.82) is 0 Å². The van der Waals surface area contributed by atoms with Crippen LogP contribution in [0, 0.1) is 0 Å². The van der Waals surface area contributed by atoms with Gasteiger partial charge >= 0.3 is 6.18 Å². The molecule has 1 amide bonds. The Hall–Kier alpha value is -2.75. The van der Waals surface area contributed by atoms with Crippen molar-refractivity contribution in [3.8, 4) is 17.3 Å².